The monoisotopic (exact) mass is 374 g/mol. The Labute approximate surface area is 153 Å². The summed E-state index contributed by atoms with van der Waals surface area (Å²) in [7, 11) is 0. The molecular formula is C19H17F3N4O. The molecule has 27 heavy (non-hydrogen) atoms. The number of aromatic nitrogens is 2. The van der Waals surface area contributed by atoms with Crippen molar-refractivity contribution in [3.8, 4) is 11.4 Å². The van der Waals surface area contributed by atoms with E-state index in [1.54, 1.807) is 24.3 Å². The largest absolute Gasteiger partial charge is 0.401 e. The van der Waals surface area contributed by atoms with Gasteiger partial charge < -0.3 is 15.2 Å². The van der Waals surface area contributed by atoms with Gasteiger partial charge in [-0.1, -0.05) is 30.3 Å². The van der Waals surface area contributed by atoms with E-state index in [1.807, 2.05) is 22.8 Å². The normalized spacial score (nSPS) is 14.3. The molecule has 3 aromatic rings. The number of amides is 1. The lowest BCUT2D eigenvalue weighted by Crippen LogP contribution is -2.28. The second kappa shape index (κ2) is 6.70. The molecule has 8 heteroatoms. The maximum atomic E-state index is 12.2. The SMILES string of the molecule is O=C1NCCn2c(-c3ccc(CNCC(F)(F)F)cc3)nc3cccc1c32. The zero-order chi connectivity index (χ0) is 19.0. The summed E-state index contributed by atoms with van der Waals surface area (Å²) in [6, 6.07) is 12.7. The van der Waals surface area contributed by atoms with Crippen molar-refractivity contribution < 1.29 is 18.0 Å². The first-order valence-corrected chi connectivity index (χ1v) is 8.56. The van der Waals surface area contributed by atoms with Gasteiger partial charge in [0.1, 0.15) is 5.82 Å². The molecule has 4 rings (SSSR count). The Morgan fingerprint density at radius 2 is 1.93 bits per heavy atom. The summed E-state index contributed by atoms with van der Waals surface area (Å²) >= 11 is 0. The van der Waals surface area contributed by atoms with E-state index >= 15 is 0 Å². The highest BCUT2D eigenvalue weighted by atomic mass is 19.4. The number of hydrogen-bond donors (Lipinski definition) is 2. The van der Waals surface area contributed by atoms with Gasteiger partial charge in [0.15, 0.2) is 0 Å². The number of carbonyl (C=O) groups is 1. The van der Waals surface area contributed by atoms with Crippen LogP contribution >= 0.6 is 0 Å². The van der Waals surface area contributed by atoms with Crippen molar-refractivity contribution >= 4 is 16.9 Å². The van der Waals surface area contributed by atoms with Gasteiger partial charge in [0.2, 0.25) is 0 Å². The second-order valence-electron chi connectivity index (χ2n) is 6.43. The van der Waals surface area contributed by atoms with E-state index in [9.17, 15) is 18.0 Å². The van der Waals surface area contributed by atoms with Crippen molar-refractivity contribution in [1.82, 2.24) is 20.2 Å². The minimum absolute atomic E-state index is 0.114. The number of imidazole rings is 1. The van der Waals surface area contributed by atoms with E-state index in [0.717, 1.165) is 28.0 Å². The smallest absolute Gasteiger partial charge is 0.350 e. The standard InChI is InChI=1S/C19H17F3N4O/c20-19(21,22)11-23-10-12-4-6-13(7-5-12)17-25-15-3-1-2-14-16(15)26(17)9-8-24-18(14)27/h1-7,23H,8-11H2,(H,24,27). The van der Waals surface area contributed by atoms with E-state index in [2.05, 4.69) is 15.6 Å². The van der Waals surface area contributed by atoms with Gasteiger partial charge in [-0.3, -0.25) is 4.79 Å². The van der Waals surface area contributed by atoms with E-state index in [0.29, 0.717) is 18.7 Å². The topological polar surface area (TPSA) is 59.0 Å². The van der Waals surface area contributed by atoms with Crippen molar-refractivity contribution in [3.05, 3.63) is 53.6 Å². The molecule has 0 saturated carbocycles. The molecule has 2 heterocycles. The average molecular weight is 374 g/mol. The molecule has 140 valence electrons. The first kappa shape index (κ1) is 17.5. The molecule has 0 bridgehead atoms. The fraction of sp³-hybridized carbons (Fsp3) is 0.263. The van der Waals surface area contributed by atoms with E-state index in [-0.39, 0.29) is 12.5 Å². The molecule has 5 nitrogen and oxygen atoms in total. The van der Waals surface area contributed by atoms with Crippen molar-refractivity contribution in [1.29, 1.82) is 0 Å². The summed E-state index contributed by atoms with van der Waals surface area (Å²) in [4.78, 5) is 16.9. The fourth-order valence-electron chi connectivity index (χ4n) is 3.30. The van der Waals surface area contributed by atoms with Gasteiger partial charge in [-0.05, 0) is 17.7 Å². The molecule has 1 amide bonds. The lowest BCUT2D eigenvalue weighted by atomic mass is 10.1. The highest BCUT2D eigenvalue weighted by Crippen LogP contribution is 2.28. The first-order valence-electron chi connectivity index (χ1n) is 8.56. The van der Waals surface area contributed by atoms with Gasteiger partial charge in [-0.15, -0.1) is 0 Å². The summed E-state index contributed by atoms with van der Waals surface area (Å²) < 4.78 is 38.7. The molecule has 0 unspecified atom stereocenters. The van der Waals surface area contributed by atoms with Crippen LogP contribution in [0.15, 0.2) is 42.5 Å². The highest BCUT2D eigenvalue weighted by molar-refractivity contribution is 6.06. The Hall–Kier alpha value is -2.87. The zero-order valence-electron chi connectivity index (χ0n) is 14.3. The molecule has 0 saturated heterocycles. The molecule has 2 N–H and O–H groups in total. The maximum Gasteiger partial charge on any atom is 0.401 e. The number of halogens is 3. The van der Waals surface area contributed by atoms with Crippen LogP contribution in [0.4, 0.5) is 13.2 Å². The van der Waals surface area contributed by atoms with Crippen molar-refractivity contribution in [2.24, 2.45) is 0 Å². The Morgan fingerprint density at radius 1 is 1.15 bits per heavy atom. The number of nitrogens with zero attached hydrogens (tertiary/aromatic N) is 2. The molecule has 0 aliphatic carbocycles. The Morgan fingerprint density at radius 3 is 2.67 bits per heavy atom. The van der Waals surface area contributed by atoms with Crippen LogP contribution in [0, 0.1) is 0 Å². The van der Waals surface area contributed by atoms with E-state index in [1.165, 1.54) is 0 Å². The van der Waals surface area contributed by atoms with E-state index < -0.39 is 12.7 Å². The number of para-hydroxylation sites is 1. The Bertz CT molecular complexity index is 993. The zero-order valence-corrected chi connectivity index (χ0v) is 14.3. The van der Waals surface area contributed by atoms with Crippen LogP contribution in [0.25, 0.3) is 22.4 Å². The number of carbonyl (C=O) groups excluding carboxylic acids is 1. The summed E-state index contributed by atoms with van der Waals surface area (Å²) in [5.74, 6) is 0.626. The number of hydrogen-bond acceptors (Lipinski definition) is 3. The summed E-state index contributed by atoms with van der Waals surface area (Å²) in [6.45, 7) is 0.224. The molecule has 0 spiro atoms. The highest BCUT2D eigenvalue weighted by Gasteiger charge is 2.26. The van der Waals surface area contributed by atoms with Gasteiger partial charge in [-0.25, -0.2) is 4.98 Å². The van der Waals surface area contributed by atoms with Gasteiger partial charge in [0, 0.05) is 25.2 Å². The molecule has 0 radical (unpaired) electrons. The summed E-state index contributed by atoms with van der Waals surface area (Å²) in [5, 5.41) is 5.26. The quantitative estimate of drug-likeness (QED) is 0.738. The predicted octanol–water partition coefficient (Wildman–Crippen LogP) is 3.10. The molecule has 1 aromatic heterocycles. The van der Waals surface area contributed by atoms with Crippen LogP contribution in [-0.2, 0) is 13.1 Å². The van der Waals surface area contributed by atoms with Crippen molar-refractivity contribution in [2.45, 2.75) is 19.3 Å². The van der Waals surface area contributed by atoms with Crippen molar-refractivity contribution in [2.75, 3.05) is 13.1 Å². The molecular weight excluding hydrogens is 357 g/mol. The lowest BCUT2D eigenvalue weighted by Gasteiger charge is -2.10. The average Bonchev–Trinajstić information content (AvgIpc) is 2.90. The number of benzene rings is 2. The summed E-state index contributed by atoms with van der Waals surface area (Å²) in [6.07, 6.45) is -4.22. The van der Waals surface area contributed by atoms with Gasteiger partial charge in [-0.2, -0.15) is 13.2 Å². The predicted molar refractivity (Wildman–Crippen MR) is 95.3 cm³/mol. The minimum Gasteiger partial charge on any atom is -0.350 e. The number of rotatable bonds is 4. The molecule has 1 aliphatic heterocycles. The molecule has 2 aromatic carbocycles. The maximum absolute atomic E-state index is 12.2. The minimum atomic E-state index is -4.22. The molecule has 0 atom stereocenters. The van der Waals surface area contributed by atoms with E-state index in [4.69, 9.17) is 0 Å². The lowest BCUT2D eigenvalue weighted by molar-refractivity contribution is -0.125. The third kappa shape index (κ3) is 3.52. The summed E-state index contributed by atoms with van der Waals surface area (Å²) in [5.41, 5.74) is 3.75. The number of alkyl halides is 3. The number of nitrogens with one attached hydrogen (secondary N) is 2. The molecule has 0 fully saturated rings. The second-order valence-corrected chi connectivity index (χ2v) is 6.43. The molecule has 1 aliphatic rings. The third-order valence-electron chi connectivity index (χ3n) is 4.50. The Kier molecular flexibility index (Phi) is 4.35. The van der Waals surface area contributed by atoms with Crippen LogP contribution in [-0.4, -0.2) is 34.7 Å². The first-order chi connectivity index (χ1) is 12.9. The van der Waals surface area contributed by atoms with Crippen molar-refractivity contribution in [3.63, 3.8) is 0 Å². The van der Waals surface area contributed by atoms with Crippen LogP contribution < -0.4 is 10.6 Å². The van der Waals surface area contributed by atoms with Gasteiger partial charge in [0.05, 0.1) is 23.1 Å². The van der Waals surface area contributed by atoms with Crippen LogP contribution in [0.5, 0.6) is 0 Å². The fourth-order valence-corrected chi connectivity index (χ4v) is 3.30. The van der Waals surface area contributed by atoms with Gasteiger partial charge >= 0.3 is 6.18 Å². The van der Waals surface area contributed by atoms with Crippen LogP contribution in [0.3, 0.4) is 0 Å². The van der Waals surface area contributed by atoms with Crippen LogP contribution in [0.2, 0.25) is 0 Å². The van der Waals surface area contributed by atoms with Crippen LogP contribution in [0.1, 0.15) is 15.9 Å². The van der Waals surface area contributed by atoms with Gasteiger partial charge in [0.25, 0.3) is 5.91 Å². The third-order valence-corrected chi connectivity index (χ3v) is 4.50. The Balaban J connectivity index is 1.64.